The third-order valence-electron chi connectivity index (χ3n) is 5.06. The zero-order valence-corrected chi connectivity index (χ0v) is 15.2. The summed E-state index contributed by atoms with van der Waals surface area (Å²) in [4.78, 5) is 24.5. The topological polar surface area (TPSA) is 43.4 Å². The van der Waals surface area contributed by atoms with Crippen molar-refractivity contribution < 1.29 is 14.3 Å². The van der Waals surface area contributed by atoms with Crippen molar-refractivity contribution in [3.8, 4) is 5.75 Å². The minimum Gasteiger partial charge on any atom is -0.423 e. The van der Waals surface area contributed by atoms with Crippen LogP contribution in [0.15, 0.2) is 59.1 Å². The van der Waals surface area contributed by atoms with Crippen LogP contribution in [0.3, 0.4) is 0 Å². The number of hydrogen-bond acceptors (Lipinski definition) is 3. The van der Waals surface area contributed by atoms with Crippen molar-refractivity contribution in [2.75, 3.05) is 0 Å². The van der Waals surface area contributed by atoms with Gasteiger partial charge in [-0.2, -0.15) is 0 Å². The minimum absolute atomic E-state index is 0.139. The van der Waals surface area contributed by atoms with Crippen molar-refractivity contribution in [1.29, 1.82) is 0 Å². The average Bonchev–Trinajstić information content (AvgIpc) is 3.20. The van der Waals surface area contributed by atoms with Gasteiger partial charge in [0.15, 0.2) is 5.78 Å². The highest BCUT2D eigenvalue weighted by molar-refractivity contribution is 9.12. The van der Waals surface area contributed by atoms with Gasteiger partial charge < -0.3 is 4.74 Å². The molecule has 0 amide bonds. The van der Waals surface area contributed by atoms with E-state index < -0.39 is 0 Å². The number of benzene rings is 2. The lowest BCUT2D eigenvalue weighted by Crippen LogP contribution is -2.10. The highest BCUT2D eigenvalue weighted by atomic mass is 79.9. The van der Waals surface area contributed by atoms with Gasteiger partial charge in [0.05, 0.1) is 10.0 Å². The Labute approximate surface area is 154 Å². The molecule has 0 radical (unpaired) electrons. The number of esters is 1. The van der Waals surface area contributed by atoms with E-state index in [0.717, 1.165) is 34.9 Å². The quantitative estimate of drug-likeness (QED) is 0.540. The summed E-state index contributed by atoms with van der Waals surface area (Å²) >= 11 is 3.50. The Morgan fingerprint density at radius 2 is 1.64 bits per heavy atom. The first-order chi connectivity index (χ1) is 12.1. The van der Waals surface area contributed by atoms with Crippen molar-refractivity contribution in [2.45, 2.75) is 19.3 Å². The fourth-order valence-electron chi connectivity index (χ4n) is 3.86. The number of allylic oxidation sites excluding steroid dienone is 2. The van der Waals surface area contributed by atoms with E-state index in [2.05, 4.69) is 15.9 Å². The van der Waals surface area contributed by atoms with Crippen LogP contribution in [0, 0.1) is 11.8 Å². The van der Waals surface area contributed by atoms with Crippen molar-refractivity contribution in [3.63, 3.8) is 0 Å². The molecular weight excluding hydrogens is 380 g/mol. The Morgan fingerprint density at radius 1 is 0.960 bits per heavy atom. The van der Waals surface area contributed by atoms with Crippen LogP contribution >= 0.6 is 15.9 Å². The molecule has 0 aliphatic heterocycles. The third-order valence-corrected chi connectivity index (χ3v) is 5.88. The number of halogens is 1. The summed E-state index contributed by atoms with van der Waals surface area (Å²) in [5.41, 5.74) is 2.65. The lowest BCUT2D eigenvalue weighted by atomic mass is 9.90. The summed E-state index contributed by atoms with van der Waals surface area (Å²) in [5.74, 6) is 0.818. The molecule has 4 rings (SSSR count). The van der Waals surface area contributed by atoms with Crippen LogP contribution in [0.1, 0.15) is 35.2 Å². The van der Waals surface area contributed by atoms with E-state index in [1.54, 1.807) is 36.4 Å². The van der Waals surface area contributed by atoms with Gasteiger partial charge in [0, 0.05) is 5.92 Å². The molecule has 4 heteroatoms. The molecule has 0 N–H and O–H groups in total. The first-order valence-electron chi connectivity index (χ1n) is 8.46. The minimum atomic E-state index is -0.374. The van der Waals surface area contributed by atoms with Gasteiger partial charge in [-0.3, -0.25) is 4.79 Å². The van der Waals surface area contributed by atoms with Gasteiger partial charge in [0.25, 0.3) is 0 Å². The summed E-state index contributed by atoms with van der Waals surface area (Å²) in [6.07, 6.45) is 3.15. The molecule has 25 heavy (non-hydrogen) atoms. The van der Waals surface area contributed by atoms with Gasteiger partial charge >= 0.3 is 5.97 Å². The molecular formula is C21H17BrO3. The Balaban J connectivity index is 1.55. The maximum Gasteiger partial charge on any atom is 0.343 e. The number of Topliss-reactive ketones (excluding diaryl/α,β-unsaturated/α-hetero) is 1. The second-order valence-corrected chi connectivity index (χ2v) is 7.31. The largest absolute Gasteiger partial charge is 0.423 e. The van der Waals surface area contributed by atoms with E-state index >= 15 is 0 Å². The SMILES string of the molecule is O=C(Oc1ccc(C2=C(Br)C(=O)C3CCCC23)cc1)c1ccccc1. The van der Waals surface area contributed by atoms with Crippen LogP contribution in [0.2, 0.25) is 0 Å². The van der Waals surface area contributed by atoms with Crippen molar-refractivity contribution in [2.24, 2.45) is 11.8 Å². The molecule has 0 heterocycles. The Bertz CT molecular complexity index is 852. The predicted molar refractivity (Wildman–Crippen MR) is 99.5 cm³/mol. The molecule has 0 aromatic heterocycles. The Hall–Kier alpha value is -2.20. The second kappa shape index (κ2) is 6.60. The number of rotatable bonds is 3. The lowest BCUT2D eigenvalue weighted by Gasteiger charge is -2.14. The van der Waals surface area contributed by atoms with Crippen LogP contribution in [0.4, 0.5) is 0 Å². The standard InChI is InChI=1S/C21H17BrO3/c22-19-18(16-7-4-8-17(16)20(19)23)13-9-11-15(12-10-13)25-21(24)14-5-2-1-3-6-14/h1-3,5-6,9-12,16-17H,4,7-8H2. The van der Waals surface area contributed by atoms with E-state index in [4.69, 9.17) is 4.74 Å². The second-order valence-electron chi connectivity index (χ2n) is 6.52. The van der Waals surface area contributed by atoms with Gasteiger partial charge in [-0.05, 0) is 70.1 Å². The van der Waals surface area contributed by atoms with Crippen molar-refractivity contribution in [1.82, 2.24) is 0 Å². The number of ether oxygens (including phenoxy) is 1. The maximum absolute atomic E-state index is 12.4. The molecule has 0 saturated heterocycles. The zero-order chi connectivity index (χ0) is 17.4. The van der Waals surface area contributed by atoms with Crippen LogP contribution < -0.4 is 4.74 Å². The molecule has 0 spiro atoms. The molecule has 2 unspecified atom stereocenters. The predicted octanol–water partition coefficient (Wildman–Crippen LogP) is 5.01. The summed E-state index contributed by atoms with van der Waals surface area (Å²) in [7, 11) is 0. The van der Waals surface area contributed by atoms with Crippen LogP contribution in [-0.2, 0) is 4.79 Å². The molecule has 2 aliphatic rings. The van der Waals surface area contributed by atoms with Crippen LogP contribution in [0.25, 0.3) is 5.57 Å². The smallest absolute Gasteiger partial charge is 0.343 e. The fraction of sp³-hybridized carbons (Fsp3) is 0.238. The van der Waals surface area contributed by atoms with Crippen molar-refractivity contribution >= 4 is 33.3 Å². The number of hydrogen-bond donors (Lipinski definition) is 0. The van der Waals surface area contributed by atoms with Crippen LogP contribution in [0.5, 0.6) is 5.75 Å². The highest BCUT2D eigenvalue weighted by Gasteiger charge is 2.43. The van der Waals surface area contributed by atoms with Gasteiger partial charge in [-0.25, -0.2) is 4.79 Å². The Kier molecular flexibility index (Phi) is 4.30. The van der Waals surface area contributed by atoms with Gasteiger partial charge in [0.2, 0.25) is 0 Å². The Morgan fingerprint density at radius 3 is 2.36 bits per heavy atom. The molecule has 0 bridgehead atoms. The molecule has 1 fully saturated rings. The first kappa shape index (κ1) is 16.3. The van der Waals surface area contributed by atoms with E-state index in [1.807, 2.05) is 18.2 Å². The third kappa shape index (κ3) is 2.95. The van der Waals surface area contributed by atoms with Gasteiger partial charge in [0.1, 0.15) is 5.75 Å². The summed E-state index contributed by atoms with van der Waals surface area (Å²) in [6.45, 7) is 0. The summed E-state index contributed by atoms with van der Waals surface area (Å²) in [5, 5.41) is 0. The number of ketones is 1. The monoisotopic (exact) mass is 396 g/mol. The van der Waals surface area contributed by atoms with Crippen molar-refractivity contribution in [3.05, 3.63) is 70.2 Å². The van der Waals surface area contributed by atoms with Gasteiger partial charge in [-0.15, -0.1) is 0 Å². The first-order valence-corrected chi connectivity index (χ1v) is 9.26. The van der Waals surface area contributed by atoms with Gasteiger partial charge in [-0.1, -0.05) is 36.8 Å². The highest BCUT2D eigenvalue weighted by Crippen LogP contribution is 2.51. The fourth-order valence-corrected chi connectivity index (χ4v) is 4.68. The molecule has 2 aromatic carbocycles. The molecule has 1 saturated carbocycles. The summed E-state index contributed by atoms with van der Waals surface area (Å²) < 4.78 is 6.14. The number of fused-ring (bicyclic) bond motifs is 1. The number of carbonyl (C=O) groups is 2. The molecule has 2 atom stereocenters. The molecule has 2 aromatic rings. The van der Waals surface area contributed by atoms with Crippen LogP contribution in [-0.4, -0.2) is 11.8 Å². The summed E-state index contributed by atoms with van der Waals surface area (Å²) in [6, 6.07) is 16.3. The maximum atomic E-state index is 12.4. The molecule has 2 aliphatic carbocycles. The normalized spacial score (nSPS) is 22.2. The zero-order valence-electron chi connectivity index (χ0n) is 13.6. The molecule has 126 valence electrons. The van der Waals surface area contributed by atoms with E-state index in [9.17, 15) is 9.59 Å². The van der Waals surface area contributed by atoms with E-state index in [1.165, 1.54) is 0 Å². The average molecular weight is 397 g/mol. The lowest BCUT2D eigenvalue weighted by molar-refractivity contribution is -0.118. The number of carbonyl (C=O) groups excluding carboxylic acids is 2. The van der Waals surface area contributed by atoms with E-state index in [-0.39, 0.29) is 17.7 Å². The van der Waals surface area contributed by atoms with E-state index in [0.29, 0.717) is 17.2 Å². The molecule has 3 nitrogen and oxygen atoms in total.